The van der Waals surface area contributed by atoms with E-state index in [9.17, 15) is 0 Å². The van der Waals surface area contributed by atoms with Crippen molar-refractivity contribution in [2.24, 2.45) is 0 Å². The third-order valence-corrected chi connectivity index (χ3v) is 19.8. The number of hydrogen-bond donors (Lipinski definition) is 0. The molecule has 0 saturated heterocycles. The first kappa shape index (κ1) is 34.5. The molecule has 236 valence electrons. The Kier molecular flexibility index (Phi) is 12.8. The van der Waals surface area contributed by atoms with E-state index in [-0.39, 0.29) is 0 Å². The standard InChI is InChI=1S/C38H47Br2O3P/c1-30-34(35(39)37(42-3)38(43-4)36(30)41-2)28-20-9-7-5-6-8-10-21-29-44(40,31-22-14-11-15-23-31,32-24-16-12-17-25-32)33-26-18-13-19-27-33/h11-19,22-27H,5-10,20-21,28-29H2,1-4H3. The van der Waals surface area contributed by atoms with Gasteiger partial charge in [-0.2, -0.15) is 0 Å². The van der Waals surface area contributed by atoms with Gasteiger partial charge in [-0.05, 0) is 22.9 Å². The van der Waals surface area contributed by atoms with E-state index < -0.39 is 5.31 Å². The van der Waals surface area contributed by atoms with Gasteiger partial charge in [-0.3, -0.25) is 0 Å². The van der Waals surface area contributed by atoms with Crippen molar-refractivity contribution in [2.45, 2.75) is 64.7 Å². The number of halogens is 2. The number of unbranched alkanes of at least 4 members (excludes halogenated alkanes) is 7. The molecule has 4 aromatic rings. The first-order valence-electron chi connectivity index (χ1n) is 15.8. The summed E-state index contributed by atoms with van der Waals surface area (Å²) < 4.78 is 17.9. The molecule has 0 aliphatic carbocycles. The molecule has 0 saturated carbocycles. The summed E-state index contributed by atoms with van der Waals surface area (Å²) in [4.78, 5) is 0. The van der Waals surface area contributed by atoms with Crippen molar-refractivity contribution in [2.75, 3.05) is 27.5 Å². The zero-order chi connectivity index (χ0) is 31.4. The zero-order valence-corrected chi connectivity index (χ0v) is 30.7. The summed E-state index contributed by atoms with van der Waals surface area (Å²) in [6.45, 7) is 2.10. The van der Waals surface area contributed by atoms with Crippen LogP contribution >= 0.6 is 36.7 Å². The molecule has 0 unspecified atom stereocenters. The van der Waals surface area contributed by atoms with Crippen molar-refractivity contribution >= 4 is 52.6 Å². The van der Waals surface area contributed by atoms with Gasteiger partial charge < -0.3 is 14.2 Å². The summed E-state index contributed by atoms with van der Waals surface area (Å²) in [5, 5.41) is 1.42. The van der Waals surface area contributed by atoms with Crippen LogP contribution in [0.4, 0.5) is 0 Å². The van der Waals surface area contributed by atoms with Crippen LogP contribution in [-0.4, -0.2) is 27.5 Å². The minimum Gasteiger partial charge on any atom is -0.492 e. The summed E-state index contributed by atoms with van der Waals surface area (Å²) in [5.41, 5.74) is 2.35. The number of methoxy groups -OCH3 is 3. The Labute approximate surface area is 281 Å². The van der Waals surface area contributed by atoms with E-state index in [0.717, 1.165) is 34.8 Å². The zero-order valence-electron chi connectivity index (χ0n) is 26.7. The van der Waals surface area contributed by atoms with E-state index in [1.54, 1.807) is 21.3 Å². The Balaban J connectivity index is 1.32. The van der Waals surface area contributed by atoms with Crippen molar-refractivity contribution in [3.8, 4) is 17.2 Å². The number of ether oxygens (including phenoxy) is 3. The molecule has 44 heavy (non-hydrogen) atoms. The molecule has 0 fully saturated rings. The van der Waals surface area contributed by atoms with E-state index in [0.29, 0.717) is 11.5 Å². The Morgan fingerprint density at radius 1 is 0.523 bits per heavy atom. The van der Waals surface area contributed by atoms with E-state index in [4.69, 9.17) is 14.2 Å². The quantitative estimate of drug-likeness (QED) is 0.0797. The van der Waals surface area contributed by atoms with Crippen LogP contribution in [0.2, 0.25) is 0 Å². The third kappa shape index (κ3) is 7.22. The fraction of sp³-hybridized carbons (Fsp3) is 0.368. The summed E-state index contributed by atoms with van der Waals surface area (Å²) in [6.07, 6.45) is 12.0. The molecular weight excluding hydrogens is 695 g/mol. The Bertz CT molecular complexity index is 1330. The van der Waals surface area contributed by atoms with Crippen molar-refractivity contribution < 1.29 is 14.2 Å². The molecular formula is C38H47Br2O3P. The Morgan fingerprint density at radius 3 is 1.32 bits per heavy atom. The van der Waals surface area contributed by atoms with Crippen molar-refractivity contribution in [1.82, 2.24) is 0 Å². The number of benzene rings is 4. The molecule has 4 rings (SSSR count). The van der Waals surface area contributed by atoms with Gasteiger partial charge in [0.1, 0.15) is 0 Å². The van der Waals surface area contributed by atoms with Gasteiger partial charge in [0, 0.05) is 0 Å². The summed E-state index contributed by atoms with van der Waals surface area (Å²) >= 11 is 8.35. The summed E-state index contributed by atoms with van der Waals surface area (Å²) in [5.74, 6) is 2.10. The average molecular weight is 743 g/mol. The van der Waals surface area contributed by atoms with E-state index in [2.05, 4.69) is 129 Å². The molecule has 0 spiro atoms. The van der Waals surface area contributed by atoms with Crippen molar-refractivity contribution in [3.63, 3.8) is 0 Å². The van der Waals surface area contributed by atoms with Crippen LogP contribution < -0.4 is 30.1 Å². The first-order valence-corrected chi connectivity index (χ1v) is 21.0. The van der Waals surface area contributed by atoms with Crippen LogP contribution in [0.1, 0.15) is 62.5 Å². The van der Waals surface area contributed by atoms with Crippen LogP contribution in [0.5, 0.6) is 17.2 Å². The maximum atomic E-state index is 5.67. The van der Waals surface area contributed by atoms with Crippen molar-refractivity contribution in [1.29, 1.82) is 0 Å². The maximum absolute atomic E-state index is 5.67. The fourth-order valence-corrected chi connectivity index (χ4v) is 15.1. The molecule has 3 nitrogen and oxygen atoms in total. The van der Waals surface area contributed by atoms with Gasteiger partial charge in [-0.15, -0.1) is 0 Å². The predicted octanol–water partition coefficient (Wildman–Crippen LogP) is 10.3. The molecule has 4 aromatic carbocycles. The second-order valence-corrected chi connectivity index (χ2v) is 21.4. The summed E-state index contributed by atoms with van der Waals surface area (Å²) in [7, 11) is 5.01. The van der Waals surface area contributed by atoms with Gasteiger partial charge in [0.2, 0.25) is 5.75 Å². The van der Waals surface area contributed by atoms with Crippen LogP contribution in [0.25, 0.3) is 0 Å². The van der Waals surface area contributed by atoms with Gasteiger partial charge >= 0.3 is 207 Å². The second-order valence-electron chi connectivity index (χ2n) is 11.5. The predicted molar refractivity (Wildman–Crippen MR) is 198 cm³/mol. The summed E-state index contributed by atoms with van der Waals surface area (Å²) in [6, 6.07) is 33.4. The van der Waals surface area contributed by atoms with Crippen LogP contribution in [0, 0.1) is 6.92 Å². The smallest absolute Gasteiger partial charge is 0.492 e. The van der Waals surface area contributed by atoms with Crippen LogP contribution in [0.3, 0.4) is 0 Å². The van der Waals surface area contributed by atoms with E-state index in [1.165, 1.54) is 66.4 Å². The molecule has 6 heteroatoms. The minimum atomic E-state index is -2.80. The van der Waals surface area contributed by atoms with E-state index in [1.807, 2.05) is 0 Å². The Hall–Kier alpha value is -2.33. The molecule has 0 radical (unpaired) electrons. The number of hydrogen-bond acceptors (Lipinski definition) is 3. The van der Waals surface area contributed by atoms with Crippen molar-refractivity contribution in [3.05, 3.63) is 107 Å². The van der Waals surface area contributed by atoms with Crippen LogP contribution in [0.15, 0.2) is 95.5 Å². The topological polar surface area (TPSA) is 27.7 Å². The molecule has 0 N–H and O–H groups in total. The Morgan fingerprint density at radius 2 is 0.909 bits per heavy atom. The van der Waals surface area contributed by atoms with Gasteiger partial charge in [0.15, 0.2) is 11.5 Å². The first-order chi connectivity index (χ1) is 21.4. The van der Waals surface area contributed by atoms with E-state index >= 15 is 0 Å². The van der Waals surface area contributed by atoms with Crippen LogP contribution in [-0.2, 0) is 6.42 Å². The molecule has 0 bridgehead atoms. The molecule has 0 aliphatic rings. The van der Waals surface area contributed by atoms with Gasteiger partial charge in [-0.1, -0.05) is 0 Å². The molecule has 0 aliphatic heterocycles. The number of rotatable bonds is 17. The van der Waals surface area contributed by atoms with Gasteiger partial charge in [0.05, 0.1) is 21.3 Å². The molecule has 0 aromatic heterocycles. The normalized spacial score (nSPS) is 12.4. The second kappa shape index (κ2) is 16.3. The molecule has 0 heterocycles. The third-order valence-electron chi connectivity index (χ3n) is 8.92. The van der Waals surface area contributed by atoms with Gasteiger partial charge in [0.25, 0.3) is 0 Å². The molecule has 0 amide bonds. The fourth-order valence-electron chi connectivity index (χ4n) is 6.54. The van der Waals surface area contributed by atoms with Gasteiger partial charge in [-0.25, -0.2) is 0 Å². The SMILES string of the molecule is COc1c(C)c(CCCCCCCCCCP(Br)(c2ccccc2)(c2ccccc2)c2ccccc2)c(Br)c(OC)c1OC. The monoisotopic (exact) mass is 740 g/mol. The average Bonchev–Trinajstić information content (AvgIpc) is 3.07. The molecule has 0 atom stereocenters. The minimum absolute atomic E-state index is 0.644.